The Labute approximate surface area is 95.2 Å². The summed E-state index contributed by atoms with van der Waals surface area (Å²) in [6.45, 7) is 9.23. The molecule has 0 spiro atoms. The molecule has 0 radical (unpaired) electrons. The average molecular weight is 212 g/mol. The maximum atomic E-state index is 5.55. The highest BCUT2D eigenvalue weighted by molar-refractivity contribution is 4.80. The van der Waals surface area contributed by atoms with Crippen LogP contribution in [0.4, 0.5) is 0 Å². The zero-order chi connectivity index (χ0) is 11.3. The van der Waals surface area contributed by atoms with Crippen LogP contribution in [0.15, 0.2) is 0 Å². The number of likely N-dealkylation sites (tertiary alicyclic amines) is 1. The minimum atomic E-state index is 0.786. The molecule has 0 aromatic heterocycles. The third-order valence-electron chi connectivity index (χ3n) is 3.80. The topological polar surface area (TPSA) is 29.3 Å². The van der Waals surface area contributed by atoms with Crippen molar-refractivity contribution < 1.29 is 0 Å². The van der Waals surface area contributed by atoms with Gasteiger partial charge in [0.05, 0.1) is 0 Å². The Kier molecular flexibility index (Phi) is 5.62. The monoisotopic (exact) mass is 212 g/mol. The summed E-state index contributed by atoms with van der Waals surface area (Å²) in [6.07, 6.45) is 6.64. The first-order chi connectivity index (χ1) is 7.15. The second-order valence-electron chi connectivity index (χ2n) is 5.36. The van der Waals surface area contributed by atoms with Crippen molar-refractivity contribution >= 4 is 0 Å². The molecule has 1 aliphatic heterocycles. The first kappa shape index (κ1) is 13.0. The molecule has 0 aliphatic carbocycles. The largest absolute Gasteiger partial charge is 0.330 e. The number of nitrogens with zero attached hydrogens (tertiary/aromatic N) is 1. The summed E-state index contributed by atoms with van der Waals surface area (Å²) in [5, 5.41) is 0. The SMILES string of the molecule is CC(CCCN)CN1C(C)CCCC1C. The average Bonchev–Trinajstić information content (AvgIpc) is 2.21. The molecule has 0 aromatic rings. The summed E-state index contributed by atoms with van der Waals surface area (Å²) in [7, 11) is 0. The van der Waals surface area contributed by atoms with E-state index < -0.39 is 0 Å². The van der Waals surface area contributed by atoms with Crippen molar-refractivity contribution in [2.75, 3.05) is 13.1 Å². The van der Waals surface area contributed by atoms with E-state index in [0.29, 0.717) is 0 Å². The van der Waals surface area contributed by atoms with Crippen LogP contribution in [-0.4, -0.2) is 30.1 Å². The molecule has 1 fully saturated rings. The second-order valence-corrected chi connectivity index (χ2v) is 5.36. The van der Waals surface area contributed by atoms with Gasteiger partial charge in [-0.2, -0.15) is 0 Å². The first-order valence-corrected chi connectivity index (χ1v) is 6.61. The van der Waals surface area contributed by atoms with E-state index in [1.165, 1.54) is 38.6 Å². The molecule has 15 heavy (non-hydrogen) atoms. The lowest BCUT2D eigenvalue weighted by atomic mass is 9.95. The molecule has 0 aromatic carbocycles. The Morgan fingerprint density at radius 2 is 1.87 bits per heavy atom. The van der Waals surface area contributed by atoms with Crippen LogP contribution in [0.3, 0.4) is 0 Å². The van der Waals surface area contributed by atoms with Gasteiger partial charge in [0, 0.05) is 18.6 Å². The molecule has 3 unspecified atom stereocenters. The predicted molar refractivity (Wildman–Crippen MR) is 66.9 cm³/mol. The molecule has 2 N–H and O–H groups in total. The number of piperidine rings is 1. The second kappa shape index (κ2) is 6.49. The number of nitrogens with two attached hydrogens (primary N) is 1. The van der Waals surface area contributed by atoms with Crippen molar-refractivity contribution in [3.05, 3.63) is 0 Å². The molecule has 1 aliphatic rings. The van der Waals surface area contributed by atoms with E-state index in [2.05, 4.69) is 25.7 Å². The third-order valence-corrected chi connectivity index (χ3v) is 3.80. The number of hydrogen-bond acceptors (Lipinski definition) is 2. The quantitative estimate of drug-likeness (QED) is 0.759. The van der Waals surface area contributed by atoms with Gasteiger partial charge >= 0.3 is 0 Å². The van der Waals surface area contributed by atoms with Crippen LogP contribution in [0, 0.1) is 5.92 Å². The Bertz CT molecular complexity index is 160. The van der Waals surface area contributed by atoms with Crippen LogP contribution in [0.25, 0.3) is 0 Å². The van der Waals surface area contributed by atoms with Gasteiger partial charge in [-0.3, -0.25) is 4.90 Å². The molecule has 2 heteroatoms. The van der Waals surface area contributed by atoms with Crippen LogP contribution in [0.2, 0.25) is 0 Å². The standard InChI is InChI=1S/C13H28N2/c1-11(6-5-9-14)10-15-12(2)7-4-8-13(15)3/h11-13H,4-10,14H2,1-3H3. The lowest BCUT2D eigenvalue weighted by Gasteiger charge is -2.40. The molecule has 0 saturated carbocycles. The zero-order valence-corrected chi connectivity index (χ0v) is 10.7. The van der Waals surface area contributed by atoms with Crippen molar-refractivity contribution in [1.82, 2.24) is 4.90 Å². The molecular weight excluding hydrogens is 184 g/mol. The van der Waals surface area contributed by atoms with Crippen molar-refractivity contribution in [3.8, 4) is 0 Å². The maximum absolute atomic E-state index is 5.55. The van der Waals surface area contributed by atoms with Crippen molar-refractivity contribution in [2.45, 2.75) is 65.0 Å². The Morgan fingerprint density at radius 3 is 2.40 bits per heavy atom. The summed E-state index contributed by atoms with van der Waals surface area (Å²) < 4.78 is 0. The molecule has 0 amide bonds. The number of rotatable bonds is 5. The van der Waals surface area contributed by atoms with Gasteiger partial charge in [0.25, 0.3) is 0 Å². The van der Waals surface area contributed by atoms with E-state index >= 15 is 0 Å². The molecule has 1 rings (SSSR count). The molecule has 1 saturated heterocycles. The van der Waals surface area contributed by atoms with Crippen molar-refractivity contribution in [3.63, 3.8) is 0 Å². The van der Waals surface area contributed by atoms with E-state index in [1.54, 1.807) is 0 Å². The van der Waals surface area contributed by atoms with Gasteiger partial charge in [0.2, 0.25) is 0 Å². The van der Waals surface area contributed by atoms with Crippen LogP contribution < -0.4 is 5.73 Å². The summed E-state index contributed by atoms with van der Waals surface area (Å²) >= 11 is 0. The molecule has 2 nitrogen and oxygen atoms in total. The van der Waals surface area contributed by atoms with Gasteiger partial charge in [-0.15, -0.1) is 0 Å². The predicted octanol–water partition coefficient (Wildman–Crippen LogP) is 2.62. The Balaban J connectivity index is 2.33. The molecule has 0 bridgehead atoms. The van der Waals surface area contributed by atoms with Crippen molar-refractivity contribution in [2.24, 2.45) is 11.7 Å². The summed E-state index contributed by atoms with van der Waals surface area (Å²) in [4.78, 5) is 2.70. The highest BCUT2D eigenvalue weighted by Crippen LogP contribution is 2.24. The van der Waals surface area contributed by atoms with Gasteiger partial charge in [-0.1, -0.05) is 13.3 Å². The molecule has 3 atom stereocenters. The Morgan fingerprint density at radius 1 is 1.27 bits per heavy atom. The van der Waals surface area contributed by atoms with Crippen LogP contribution in [-0.2, 0) is 0 Å². The first-order valence-electron chi connectivity index (χ1n) is 6.61. The van der Waals surface area contributed by atoms with Gasteiger partial charge < -0.3 is 5.73 Å². The smallest absolute Gasteiger partial charge is 0.00698 e. The summed E-state index contributed by atoms with van der Waals surface area (Å²) in [5.74, 6) is 0.802. The fourth-order valence-electron chi connectivity index (χ4n) is 2.75. The van der Waals surface area contributed by atoms with Gasteiger partial charge in [-0.25, -0.2) is 0 Å². The minimum absolute atomic E-state index is 0.786. The van der Waals surface area contributed by atoms with E-state index in [0.717, 1.165) is 24.5 Å². The highest BCUT2D eigenvalue weighted by atomic mass is 15.2. The fourth-order valence-corrected chi connectivity index (χ4v) is 2.75. The maximum Gasteiger partial charge on any atom is 0.00698 e. The van der Waals surface area contributed by atoms with E-state index in [1.807, 2.05) is 0 Å². The summed E-state index contributed by atoms with van der Waals surface area (Å²) in [6, 6.07) is 1.57. The Hall–Kier alpha value is -0.0800. The molecule has 90 valence electrons. The lowest BCUT2D eigenvalue weighted by Crippen LogP contribution is -2.45. The zero-order valence-electron chi connectivity index (χ0n) is 10.7. The lowest BCUT2D eigenvalue weighted by molar-refractivity contribution is 0.0851. The molecular formula is C13H28N2. The van der Waals surface area contributed by atoms with Gasteiger partial charge in [-0.05, 0) is 52.0 Å². The fraction of sp³-hybridized carbons (Fsp3) is 1.00. The minimum Gasteiger partial charge on any atom is -0.330 e. The highest BCUT2D eigenvalue weighted by Gasteiger charge is 2.25. The third kappa shape index (κ3) is 4.12. The molecule has 1 heterocycles. The van der Waals surface area contributed by atoms with E-state index in [4.69, 9.17) is 5.73 Å². The van der Waals surface area contributed by atoms with Gasteiger partial charge in [0.1, 0.15) is 0 Å². The van der Waals surface area contributed by atoms with Crippen LogP contribution in [0.5, 0.6) is 0 Å². The number of hydrogen-bond donors (Lipinski definition) is 1. The van der Waals surface area contributed by atoms with Gasteiger partial charge in [0.15, 0.2) is 0 Å². The van der Waals surface area contributed by atoms with Crippen molar-refractivity contribution in [1.29, 1.82) is 0 Å². The normalized spacial score (nSPS) is 30.4. The van der Waals surface area contributed by atoms with E-state index in [-0.39, 0.29) is 0 Å². The van der Waals surface area contributed by atoms with Crippen LogP contribution >= 0.6 is 0 Å². The van der Waals surface area contributed by atoms with Crippen LogP contribution in [0.1, 0.15) is 52.9 Å². The van der Waals surface area contributed by atoms with E-state index in [9.17, 15) is 0 Å². The summed E-state index contributed by atoms with van der Waals surface area (Å²) in [5.41, 5.74) is 5.55.